The highest BCUT2D eigenvalue weighted by Crippen LogP contribution is 2.18. The van der Waals surface area contributed by atoms with Crippen molar-refractivity contribution in [3.63, 3.8) is 0 Å². The van der Waals surface area contributed by atoms with Gasteiger partial charge in [-0.1, -0.05) is 27.2 Å². The third-order valence-corrected chi connectivity index (χ3v) is 3.47. The molecule has 1 unspecified atom stereocenters. The van der Waals surface area contributed by atoms with Gasteiger partial charge in [-0.25, -0.2) is 0 Å². The summed E-state index contributed by atoms with van der Waals surface area (Å²) in [5.74, 6) is 3.17. The smallest absolute Gasteiger partial charge is 0.000958 e. The van der Waals surface area contributed by atoms with Crippen LogP contribution in [0.2, 0.25) is 0 Å². The number of hydrogen-bond acceptors (Lipinski definition) is 2. The van der Waals surface area contributed by atoms with Gasteiger partial charge in [0.1, 0.15) is 0 Å². The van der Waals surface area contributed by atoms with Crippen LogP contribution in [-0.4, -0.2) is 16.8 Å². The molecule has 0 N–H and O–H groups in total. The summed E-state index contributed by atoms with van der Waals surface area (Å²) < 4.78 is 0. The van der Waals surface area contributed by atoms with Gasteiger partial charge in [-0.15, -0.1) is 0 Å². The monoisotopic (exact) mass is 192 g/mol. The van der Waals surface area contributed by atoms with Gasteiger partial charge in [0.25, 0.3) is 0 Å². The standard InChI is InChI=1S/C9H20S2/c1-4-5-9(6-10)7-11-8(2)3/h8-10H,4-7H2,1-3H3. The molecule has 0 heterocycles. The Morgan fingerprint density at radius 1 is 1.36 bits per heavy atom. The Morgan fingerprint density at radius 2 is 2.00 bits per heavy atom. The van der Waals surface area contributed by atoms with Crippen molar-refractivity contribution in [2.24, 2.45) is 5.92 Å². The maximum absolute atomic E-state index is 4.34. The summed E-state index contributed by atoms with van der Waals surface area (Å²) in [6.45, 7) is 6.76. The minimum Gasteiger partial charge on any atom is -0.179 e. The summed E-state index contributed by atoms with van der Waals surface area (Å²) in [6.07, 6.45) is 2.63. The van der Waals surface area contributed by atoms with Crippen LogP contribution in [0.3, 0.4) is 0 Å². The Hall–Kier alpha value is 0.700. The molecular formula is C9H20S2. The first-order valence-corrected chi connectivity index (χ1v) is 6.11. The van der Waals surface area contributed by atoms with E-state index in [0.717, 1.165) is 16.9 Å². The molecule has 0 saturated heterocycles. The van der Waals surface area contributed by atoms with Gasteiger partial charge >= 0.3 is 0 Å². The Kier molecular flexibility index (Phi) is 7.82. The number of thioether (sulfide) groups is 1. The third kappa shape index (κ3) is 7.07. The van der Waals surface area contributed by atoms with Gasteiger partial charge in [-0.2, -0.15) is 24.4 Å². The topological polar surface area (TPSA) is 0 Å². The molecule has 0 rings (SSSR count). The van der Waals surface area contributed by atoms with E-state index in [4.69, 9.17) is 0 Å². The second kappa shape index (κ2) is 7.35. The van der Waals surface area contributed by atoms with Crippen LogP contribution in [-0.2, 0) is 0 Å². The Labute approximate surface area is 80.9 Å². The maximum atomic E-state index is 4.34. The first kappa shape index (κ1) is 11.7. The number of hydrogen-bond donors (Lipinski definition) is 1. The molecule has 2 heteroatoms. The molecule has 0 aromatic carbocycles. The van der Waals surface area contributed by atoms with Crippen molar-refractivity contribution in [2.45, 2.75) is 38.9 Å². The van der Waals surface area contributed by atoms with E-state index in [1.165, 1.54) is 18.6 Å². The normalized spacial score (nSPS) is 13.9. The average Bonchev–Trinajstić information content (AvgIpc) is 1.97. The molecule has 0 aliphatic heterocycles. The second-order valence-corrected chi connectivity index (χ2v) is 5.19. The first-order valence-electron chi connectivity index (χ1n) is 4.43. The highest BCUT2D eigenvalue weighted by molar-refractivity contribution is 7.99. The fourth-order valence-corrected chi connectivity index (χ4v) is 2.39. The largest absolute Gasteiger partial charge is 0.179 e. The van der Waals surface area contributed by atoms with Crippen molar-refractivity contribution in [3.8, 4) is 0 Å². The summed E-state index contributed by atoms with van der Waals surface area (Å²) in [4.78, 5) is 0. The van der Waals surface area contributed by atoms with E-state index in [2.05, 4.69) is 45.2 Å². The van der Waals surface area contributed by atoms with Crippen molar-refractivity contribution in [2.75, 3.05) is 11.5 Å². The van der Waals surface area contributed by atoms with E-state index < -0.39 is 0 Å². The first-order chi connectivity index (χ1) is 5.20. The molecule has 0 aliphatic carbocycles. The van der Waals surface area contributed by atoms with Gasteiger partial charge in [0.2, 0.25) is 0 Å². The van der Waals surface area contributed by atoms with Crippen molar-refractivity contribution in [3.05, 3.63) is 0 Å². The Morgan fingerprint density at radius 3 is 2.36 bits per heavy atom. The molecule has 11 heavy (non-hydrogen) atoms. The molecule has 0 fully saturated rings. The highest BCUT2D eigenvalue weighted by atomic mass is 32.2. The van der Waals surface area contributed by atoms with Gasteiger partial charge < -0.3 is 0 Å². The molecule has 68 valence electrons. The molecule has 0 saturated carbocycles. The summed E-state index contributed by atoms with van der Waals surface area (Å²) in [7, 11) is 0. The van der Waals surface area contributed by atoms with Gasteiger partial charge in [0.15, 0.2) is 0 Å². The molecule has 1 atom stereocenters. The van der Waals surface area contributed by atoms with Gasteiger partial charge in [-0.3, -0.25) is 0 Å². The summed E-state index contributed by atoms with van der Waals surface area (Å²) in [6, 6.07) is 0. The Balaban J connectivity index is 3.35. The quantitative estimate of drug-likeness (QED) is 0.629. The van der Waals surface area contributed by atoms with Crippen LogP contribution >= 0.6 is 24.4 Å². The minimum absolute atomic E-state index is 0.772. The van der Waals surface area contributed by atoms with Gasteiger partial charge in [0, 0.05) is 0 Å². The molecule has 0 aliphatic rings. The van der Waals surface area contributed by atoms with Crippen molar-refractivity contribution >= 4 is 24.4 Å². The second-order valence-electron chi connectivity index (χ2n) is 3.22. The zero-order valence-corrected chi connectivity index (χ0v) is 9.55. The lowest BCUT2D eigenvalue weighted by Gasteiger charge is -2.13. The molecule has 0 aromatic heterocycles. The van der Waals surface area contributed by atoms with Crippen molar-refractivity contribution in [1.29, 1.82) is 0 Å². The van der Waals surface area contributed by atoms with E-state index in [1.807, 2.05) is 0 Å². The fourth-order valence-electron chi connectivity index (χ4n) is 0.964. The Bertz CT molecular complexity index is 81.6. The molecule has 0 radical (unpaired) electrons. The number of thiol groups is 1. The van der Waals surface area contributed by atoms with Crippen LogP contribution in [0.1, 0.15) is 33.6 Å². The third-order valence-electron chi connectivity index (χ3n) is 1.62. The lowest BCUT2D eigenvalue weighted by molar-refractivity contribution is 0.595. The van der Waals surface area contributed by atoms with Crippen molar-refractivity contribution < 1.29 is 0 Å². The molecule has 0 bridgehead atoms. The predicted molar refractivity (Wildman–Crippen MR) is 59.8 cm³/mol. The maximum Gasteiger partial charge on any atom is -0.000958 e. The minimum atomic E-state index is 0.772. The van der Waals surface area contributed by atoms with E-state index >= 15 is 0 Å². The van der Waals surface area contributed by atoms with Crippen molar-refractivity contribution in [1.82, 2.24) is 0 Å². The summed E-state index contributed by atoms with van der Waals surface area (Å²) in [5.41, 5.74) is 0. The van der Waals surface area contributed by atoms with E-state index in [1.54, 1.807) is 0 Å². The number of rotatable bonds is 6. The molecule has 0 spiro atoms. The summed E-state index contributed by atoms with van der Waals surface area (Å²) in [5, 5.41) is 0.772. The fraction of sp³-hybridized carbons (Fsp3) is 1.00. The zero-order valence-electron chi connectivity index (χ0n) is 7.84. The van der Waals surface area contributed by atoms with Crippen LogP contribution in [0.5, 0.6) is 0 Å². The lowest BCUT2D eigenvalue weighted by atomic mass is 10.1. The van der Waals surface area contributed by atoms with Crippen LogP contribution in [0.4, 0.5) is 0 Å². The van der Waals surface area contributed by atoms with E-state index in [9.17, 15) is 0 Å². The molecule has 0 amide bonds. The zero-order chi connectivity index (χ0) is 8.69. The molecular weight excluding hydrogens is 172 g/mol. The highest BCUT2D eigenvalue weighted by Gasteiger charge is 2.06. The lowest BCUT2D eigenvalue weighted by Crippen LogP contribution is -2.07. The van der Waals surface area contributed by atoms with E-state index in [-0.39, 0.29) is 0 Å². The summed E-state index contributed by atoms with van der Waals surface area (Å²) >= 11 is 6.39. The average molecular weight is 192 g/mol. The molecule has 0 aromatic rings. The van der Waals surface area contributed by atoms with E-state index in [0.29, 0.717) is 0 Å². The predicted octanol–water partition coefficient (Wildman–Crippen LogP) is 3.47. The van der Waals surface area contributed by atoms with Gasteiger partial charge in [0.05, 0.1) is 0 Å². The van der Waals surface area contributed by atoms with Crippen LogP contribution in [0.25, 0.3) is 0 Å². The van der Waals surface area contributed by atoms with Crippen LogP contribution < -0.4 is 0 Å². The molecule has 0 nitrogen and oxygen atoms in total. The van der Waals surface area contributed by atoms with Crippen LogP contribution in [0, 0.1) is 5.92 Å². The van der Waals surface area contributed by atoms with Crippen LogP contribution in [0.15, 0.2) is 0 Å². The van der Waals surface area contributed by atoms with Gasteiger partial charge in [-0.05, 0) is 29.1 Å². The SMILES string of the molecule is CCCC(CS)CSC(C)C.